The Bertz CT molecular complexity index is 776. The molecule has 1 fully saturated rings. The third-order valence-electron chi connectivity index (χ3n) is 6.27. The lowest BCUT2D eigenvalue weighted by Crippen LogP contribution is -2.52. The highest BCUT2D eigenvalue weighted by Gasteiger charge is 2.32. The standard InChI is InChI=1S/C24H30N2O/c27-24(25-23-15-9-13-21-12-8-14-22(21)23)19-26(16-6-1-2-7-17-26)18-20-10-4-3-5-11-20/h3-5,9-11,13,15H,1-2,6-8,12,14,16-19H2/p+1. The number of aryl methyl sites for hydroxylation is 1. The number of quaternary nitrogens is 1. The molecule has 0 radical (unpaired) electrons. The second-order valence-corrected chi connectivity index (χ2v) is 8.35. The van der Waals surface area contributed by atoms with Gasteiger partial charge in [-0.25, -0.2) is 0 Å². The van der Waals surface area contributed by atoms with Gasteiger partial charge in [-0.05, 0) is 62.1 Å². The normalized spacial score (nSPS) is 18.5. The van der Waals surface area contributed by atoms with Crippen LogP contribution >= 0.6 is 0 Å². The van der Waals surface area contributed by atoms with Crippen molar-refractivity contribution in [3.63, 3.8) is 0 Å². The molecule has 1 saturated heterocycles. The predicted octanol–water partition coefficient (Wildman–Crippen LogP) is 4.70. The Balaban J connectivity index is 1.51. The first-order valence-electron chi connectivity index (χ1n) is 10.5. The smallest absolute Gasteiger partial charge is 0.279 e. The van der Waals surface area contributed by atoms with Crippen molar-refractivity contribution in [3.8, 4) is 0 Å². The van der Waals surface area contributed by atoms with E-state index in [1.807, 2.05) is 0 Å². The summed E-state index contributed by atoms with van der Waals surface area (Å²) in [5.74, 6) is 0.174. The highest BCUT2D eigenvalue weighted by Crippen LogP contribution is 2.29. The van der Waals surface area contributed by atoms with Crippen molar-refractivity contribution in [3.05, 3.63) is 65.2 Å². The minimum absolute atomic E-state index is 0.174. The van der Waals surface area contributed by atoms with Gasteiger partial charge in [-0.2, -0.15) is 0 Å². The number of benzene rings is 2. The highest BCUT2D eigenvalue weighted by atomic mass is 16.2. The van der Waals surface area contributed by atoms with Gasteiger partial charge in [0, 0.05) is 11.3 Å². The molecule has 1 amide bonds. The molecule has 2 aliphatic rings. The summed E-state index contributed by atoms with van der Waals surface area (Å²) in [7, 11) is 0. The number of rotatable bonds is 5. The summed E-state index contributed by atoms with van der Waals surface area (Å²) in [6.07, 6.45) is 8.48. The molecule has 0 bridgehead atoms. The summed E-state index contributed by atoms with van der Waals surface area (Å²) in [5.41, 5.74) is 5.16. The highest BCUT2D eigenvalue weighted by molar-refractivity contribution is 5.92. The first-order chi connectivity index (χ1) is 13.2. The Hall–Kier alpha value is -2.13. The van der Waals surface area contributed by atoms with Crippen LogP contribution in [-0.4, -0.2) is 30.0 Å². The lowest BCUT2D eigenvalue weighted by molar-refractivity contribution is -0.932. The van der Waals surface area contributed by atoms with E-state index >= 15 is 0 Å². The summed E-state index contributed by atoms with van der Waals surface area (Å²) >= 11 is 0. The zero-order valence-electron chi connectivity index (χ0n) is 16.3. The molecule has 1 heterocycles. The van der Waals surface area contributed by atoms with Crippen LogP contribution in [0.2, 0.25) is 0 Å². The van der Waals surface area contributed by atoms with E-state index in [4.69, 9.17) is 0 Å². The van der Waals surface area contributed by atoms with Gasteiger partial charge in [0.05, 0.1) is 13.1 Å². The monoisotopic (exact) mass is 363 g/mol. The van der Waals surface area contributed by atoms with Gasteiger partial charge in [-0.15, -0.1) is 0 Å². The number of anilines is 1. The Morgan fingerprint density at radius 1 is 0.852 bits per heavy atom. The third-order valence-corrected chi connectivity index (χ3v) is 6.27. The fourth-order valence-electron chi connectivity index (χ4n) is 4.93. The summed E-state index contributed by atoms with van der Waals surface area (Å²) < 4.78 is 0.894. The van der Waals surface area contributed by atoms with Crippen LogP contribution in [0.15, 0.2) is 48.5 Å². The van der Waals surface area contributed by atoms with Crippen molar-refractivity contribution in [2.45, 2.75) is 51.5 Å². The fraction of sp³-hybridized carbons (Fsp3) is 0.458. The van der Waals surface area contributed by atoms with Gasteiger partial charge in [0.2, 0.25) is 0 Å². The molecule has 0 spiro atoms. The molecule has 142 valence electrons. The van der Waals surface area contributed by atoms with Crippen molar-refractivity contribution in [2.24, 2.45) is 0 Å². The largest absolute Gasteiger partial charge is 0.321 e. The zero-order chi connectivity index (χ0) is 18.5. The lowest BCUT2D eigenvalue weighted by atomic mass is 10.1. The van der Waals surface area contributed by atoms with E-state index in [0.29, 0.717) is 6.54 Å². The Morgan fingerprint density at radius 2 is 1.63 bits per heavy atom. The van der Waals surface area contributed by atoms with Crippen LogP contribution in [0, 0.1) is 0 Å². The van der Waals surface area contributed by atoms with Gasteiger partial charge in [-0.1, -0.05) is 42.5 Å². The maximum atomic E-state index is 13.1. The minimum Gasteiger partial charge on any atom is -0.321 e. The summed E-state index contributed by atoms with van der Waals surface area (Å²) in [6.45, 7) is 3.75. The summed E-state index contributed by atoms with van der Waals surface area (Å²) in [5, 5.41) is 3.27. The number of carbonyl (C=O) groups excluding carboxylic acids is 1. The van der Waals surface area contributed by atoms with E-state index in [1.54, 1.807) is 0 Å². The van der Waals surface area contributed by atoms with Gasteiger partial charge in [0.1, 0.15) is 6.54 Å². The molecule has 2 aromatic carbocycles. The van der Waals surface area contributed by atoms with Crippen molar-refractivity contribution < 1.29 is 9.28 Å². The number of amides is 1. The number of nitrogens with one attached hydrogen (secondary N) is 1. The Labute approximate surface area is 163 Å². The molecule has 1 aliphatic heterocycles. The Kier molecular flexibility index (Phi) is 5.58. The molecule has 4 rings (SSSR count). The molecule has 3 heteroatoms. The molecule has 1 N–H and O–H groups in total. The van der Waals surface area contributed by atoms with Gasteiger partial charge in [0.15, 0.2) is 6.54 Å². The van der Waals surface area contributed by atoms with E-state index in [1.165, 1.54) is 48.8 Å². The Morgan fingerprint density at radius 3 is 2.41 bits per heavy atom. The van der Waals surface area contributed by atoms with Crippen molar-refractivity contribution in [2.75, 3.05) is 25.0 Å². The number of fused-ring (bicyclic) bond motifs is 1. The average Bonchev–Trinajstić information content (AvgIpc) is 3.05. The average molecular weight is 364 g/mol. The van der Waals surface area contributed by atoms with Crippen molar-refractivity contribution in [1.82, 2.24) is 0 Å². The van der Waals surface area contributed by atoms with Crippen LogP contribution in [0.3, 0.4) is 0 Å². The predicted molar refractivity (Wildman–Crippen MR) is 111 cm³/mol. The molecule has 0 unspecified atom stereocenters. The molecular weight excluding hydrogens is 332 g/mol. The van der Waals surface area contributed by atoms with E-state index < -0.39 is 0 Å². The number of hydrogen-bond donors (Lipinski definition) is 1. The molecule has 0 aromatic heterocycles. The van der Waals surface area contributed by atoms with E-state index in [-0.39, 0.29) is 5.91 Å². The maximum absolute atomic E-state index is 13.1. The topological polar surface area (TPSA) is 29.1 Å². The molecule has 1 aliphatic carbocycles. The molecule has 2 aromatic rings. The van der Waals surface area contributed by atoms with Crippen LogP contribution in [0.25, 0.3) is 0 Å². The quantitative estimate of drug-likeness (QED) is 0.766. The number of carbonyl (C=O) groups is 1. The van der Waals surface area contributed by atoms with Gasteiger partial charge in [0.25, 0.3) is 5.91 Å². The molecule has 3 nitrogen and oxygen atoms in total. The molecule has 0 atom stereocenters. The van der Waals surface area contributed by atoms with Crippen molar-refractivity contribution in [1.29, 1.82) is 0 Å². The third kappa shape index (κ3) is 4.41. The molecule has 27 heavy (non-hydrogen) atoms. The second kappa shape index (κ2) is 8.26. The maximum Gasteiger partial charge on any atom is 0.279 e. The van der Waals surface area contributed by atoms with Crippen LogP contribution in [0.4, 0.5) is 5.69 Å². The van der Waals surface area contributed by atoms with Crippen LogP contribution in [0.5, 0.6) is 0 Å². The lowest BCUT2D eigenvalue weighted by Gasteiger charge is -2.37. The van der Waals surface area contributed by atoms with Crippen LogP contribution in [-0.2, 0) is 24.2 Å². The number of likely N-dealkylation sites (tertiary alicyclic amines) is 1. The number of hydrogen-bond acceptors (Lipinski definition) is 1. The summed E-state index contributed by atoms with van der Waals surface area (Å²) in [4.78, 5) is 13.1. The second-order valence-electron chi connectivity index (χ2n) is 8.35. The van der Waals surface area contributed by atoms with Crippen molar-refractivity contribution >= 4 is 11.6 Å². The summed E-state index contributed by atoms with van der Waals surface area (Å²) in [6, 6.07) is 17.1. The van der Waals surface area contributed by atoms with Crippen LogP contribution in [0.1, 0.15) is 48.8 Å². The van der Waals surface area contributed by atoms with E-state index in [0.717, 1.165) is 42.6 Å². The first kappa shape index (κ1) is 18.2. The number of nitrogens with zero attached hydrogens (tertiary/aromatic N) is 1. The van der Waals surface area contributed by atoms with Gasteiger partial charge < -0.3 is 9.80 Å². The fourth-order valence-corrected chi connectivity index (χ4v) is 4.93. The van der Waals surface area contributed by atoms with E-state index in [2.05, 4.69) is 53.8 Å². The van der Waals surface area contributed by atoms with Gasteiger partial charge in [-0.3, -0.25) is 4.79 Å². The van der Waals surface area contributed by atoms with E-state index in [9.17, 15) is 4.79 Å². The zero-order valence-corrected chi connectivity index (χ0v) is 16.3. The minimum atomic E-state index is 0.174. The molecular formula is C24H31N2O+. The van der Waals surface area contributed by atoms with Gasteiger partial charge >= 0.3 is 0 Å². The first-order valence-corrected chi connectivity index (χ1v) is 10.5. The SMILES string of the molecule is O=C(C[N+]1(Cc2ccccc2)CCCCCC1)Nc1cccc2c1CCC2. The molecule has 0 saturated carbocycles. The van der Waals surface area contributed by atoms with Crippen LogP contribution < -0.4 is 5.32 Å².